The van der Waals surface area contributed by atoms with E-state index >= 15 is 0 Å². The van der Waals surface area contributed by atoms with Gasteiger partial charge in [-0.2, -0.15) is 0 Å². The number of rotatable bonds is 8. The molecule has 0 unspecified atom stereocenters. The second-order valence-electron chi connectivity index (χ2n) is 6.95. The monoisotopic (exact) mass is 616 g/mol. The van der Waals surface area contributed by atoms with Crippen molar-refractivity contribution in [3.63, 3.8) is 0 Å². The topological polar surface area (TPSA) is 34.1 Å². The van der Waals surface area contributed by atoms with Crippen molar-refractivity contribution in [2.24, 2.45) is 4.99 Å². The highest BCUT2D eigenvalue weighted by atomic mass is 127. The summed E-state index contributed by atoms with van der Waals surface area (Å²) in [6.45, 7) is 3.47. The molecule has 0 atom stereocenters. The number of hydrogen-bond acceptors (Lipinski definition) is 4. The van der Waals surface area contributed by atoms with Crippen molar-refractivity contribution in [2.75, 3.05) is 20.0 Å². The summed E-state index contributed by atoms with van der Waals surface area (Å²) in [6, 6.07) is 21.7. The second-order valence-corrected chi connectivity index (χ2v) is 8.97. The van der Waals surface area contributed by atoms with E-state index in [0.717, 1.165) is 33.5 Å². The predicted octanol–water partition coefficient (Wildman–Crippen LogP) is 8.07. The molecule has 4 nitrogen and oxygen atoms in total. The number of amidine groups is 1. The van der Waals surface area contributed by atoms with E-state index in [1.54, 1.807) is 32.0 Å². The molecular formula is C25H27Cl2IN2O2S. The van der Waals surface area contributed by atoms with Crippen molar-refractivity contribution in [1.82, 2.24) is 4.90 Å². The molecule has 33 heavy (non-hydrogen) atoms. The Bertz CT molecular complexity index is 998. The van der Waals surface area contributed by atoms with Crippen LogP contribution in [-0.2, 0) is 13.1 Å². The Morgan fingerprint density at radius 2 is 1.36 bits per heavy atom. The van der Waals surface area contributed by atoms with Gasteiger partial charge >= 0.3 is 0 Å². The Hall–Kier alpha value is -1.61. The highest BCUT2D eigenvalue weighted by Crippen LogP contribution is 2.33. The highest BCUT2D eigenvalue weighted by molar-refractivity contribution is 14.0. The lowest BCUT2D eigenvalue weighted by molar-refractivity contribution is 0.405. The van der Waals surface area contributed by atoms with E-state index in [4.69, 9.17) is 37.7 Å². The molecule has 3 aromatic carbocycles. The van der Waals surface area contributed by atoms with Gasteiger partial charge in [-0.05, 0) is 53.3 Å². The molecule has 8 heteroatoms. The second kappa shape index (κ2) is 13.9. The molecule has 0 saturated heterocycles. The summed E-state index contributed by atoms with van der Waals surface area (Å²) in [4.78, 5) is 7.15. The van der Waals surface area contributed by atoms with Crippen molar-refractivity contribution in [2.45, 2.75) is 20.0 Å². The summed E-state index contributed by atoms with van der Waals surface area (Å²) < 4.78 is 10.6. The average molecular weight is 617 g/mol. The van der Waals surface area contributed by atoms with E-state index in [-0.39, 0.29) is 24.0 Å². The number of nitrogens with zero attached hydrogens (tertiary/aromatic N) is 2. The zero-order valence-electron chi connectivity index (χ0n) is 18.8. The first-order valence-corrected chi connectivity index (χ1v) is 11.9. The van der Waals surface area contributed by atoms with E-state index in [2.05, 4.69) is 36.1 Å². The largest absolute Gasteiger partial charge is 0.497 e. The van der Waals surface area contributed by atoms with E-state index in [0.29, 0.717) is 28.8 Å². The van der Waals surface area contributed by atoms with Gasteiger partial charge in [-0.3, -0.25) is 0 Å². The quantitative estimate of drug-likeness (QED) is 0.146. The molecule has 0 spiro atoms. The number of hydrogen-bond donors (Lipinski definition) is 0. The Balaban J connectivity index is 0.00000385. The Labute approximate surface area is 227 Å². The molecule has 0 fully saturated rings. The molecule has 176 valence electrons. The smallest absolute Gasteiger partial charge is 0.165 e. The molecule has 3 rings (SSSR count). The number of halogens is 3. The third-order valence-electron chi connectivity index (χ3n) is 4.76. The van der Waals surface area contributed by atoms with Crippen molar-refractivity contribution in [1.29, 1.82) is 0 Å². The molecule has 3 aromatic rings. The minimum absolute atomic E-state index is 0. The van der Waals surface area contributed by atoms with Gasteiger partial charge in [-0.15, -0.1) is 24.0 Å². The van der Waals surface area contributed by atoms with Crippen molar-refractivity contribution >= 4 is 69.8 Å². The first-order chi connectivity index (χ1) is 15.5. The summed E-state index contributed by atoms with van der Waals surface area (Å²) in [6.07, 6.45) is 0. The van der Waals surface area contributed by atoms with Crippen LogP contribution in [0.25, 0.3) is 0 Å². The van der Waals surface area contributed by atoms with Gasteiger partial charge in [-0.25, -0.2) is 4.99 Å². The van der Waals surface area contributed by atoms with Crippen molar-refractivity contribution in [3.05, 3.63) is 87.9 Å². The van der Waals surface area contributed by atoms with Gasteiger partial charge in [0.25, 0.3) is 0 Å². The van der Waals surface area contributed by atoms with Crippen molar-refractivity contribution < 1.29 is 9.47 Å². The summed E-state index contributed by atoms with van der Waals surface area (Å²) >= 11 is 14.3. The number of thioether (sulfide) groups is 1. The maximum Gasteiger partial charge on any atom is 0.165 e. The van der Waals surface area contributed by atoms with E-state index in [1.807, 2.05) is 36.4 Å². The van der Waals surface area contributed by atoms with Crippen LogP contribution in [0.5, 0.6) is 11.5 Å². The standard InChI is InChI=1S/C25H26Cl2N2O2S.HI/c1-4-32-25(28-23-7-5-6-22(26)24(23)27)29(16-18-8-12-20(30-2)13-9-18)17-19-10-14-21(31-3)15-11-19;/h5-15H,4,16-17H2,1-3H3;1H. The Kier molecular flexibility index (Phi) is 11.7. The van der Waals surface area contributed by atoms with Gasteiger partial charge < -0.3 is 14.4 Å². The first-order valence-electron chi connectivity index (χ1n) is 10.2. The molecule has 0 radical (unpaired) electrons. The summed E-state index contributed by atoms with van der Waals surface area (Å²) in [5.41, 5.74) is 2.96. The zero-order chi connectivity index (χ0) is 22.9. The number of ether oxygens (including phenoxy) is 2. The molecule has 0 N–H and O–H groups in total. The number of aliphatic imine (C=N–C) groups is 1. The van der Waals surface area contributed by atoms with E-state index in [9.17, 15) is 0 Å². The fraction of sp³-hybridized carbons (Fsp3) is 0.240. The van der Waals surface area contributed by atoms with Crippen LogP contribution in [0.2, 0.25) is 10.0 Å². The van der Waals surface area contributed by atoms with Gasteiger partial charge in [0, 0.05) is 13.1 Å². The molecule has 0 heterocycles. The lowest BCUT2D eigenvalue weighted by Crippen LogP contribution is -2.28. The minimum atomic E-state index is 0. The summed E-state index contributed by atoms with van der Waals surface area (Å²) in [7, 11) is 3.34. The maximum atomic E-state index is 6.43. The first kappa shape index (κ1) is 27.6. The van der Waals surface area contributed by atoms with Gasteiger partial charge in [0.15, 0.2) is 5.17 Å². The van der Waals surface area contributed by atoms with Crippen LogP contribution in [0.4, 0.5) is 5.69 Å². The fourth-order valence-electron chi connectivity index (χ4n) is 3.10. The van der Waals surface area contributed by atoms with Crippen LogP contribution in [0.3, 0.4) is 0 Å². The molecule has 0 amide bonds. The van der Waals surface area contributed by atoms with Gasteiger partial charge in [0.1, 0.15) is 11.5 Å². The molecule has 0 saturated carbocycles. The molecular weight excluding hydrogens is 590 g/mol. The van der Waals surface area contributed by atoms with Crippen LogP contribution < -0.4 is 9.47 Å². The van der Waals surface area contributed by atoms with Crippen LogP contribution in [-0.4, -0.2) is 30.0 Å². The predicted molar refractivity (Wildman–Crippen MR) is 152 cm³/mol. The van der Waals surface area contributed by atoms with E-state index in [1.165, 1.54) is 0 Å². The molecule has 0 aromatic heterocycles. The fourth-order valence-corrected chi connectivity index (χ4v) is 4.17. The lowest BCUT2D eigenvalue weighted by Gasteiger charge is -2.26. The highest BCUT2D eigenvalue weighted by Gasteiger charge is 2.15. The summed E-state index contributed by atoms with van der Waals surface area (Å²) in [5, 5.41) is 1.83. The molecule has 0 aliphatic heterocycles. The maximum absolute atomic E-state index is 6.43. The van der Waals surface area contributed by atoms with Crippen molar-refractivity contribution in [3.8, 4) is 11.5 Å². The third kappa shape index (κ3) is 7.98. The van der Waals surface area contributed by atoms with Crippen LogP contribution in [0.1, 0.15) is 18.1 Å². The van der Waals surface area contributed by atoms with Crippen LogP contribution in [0, 0.1) is 0 Å². The third-order valence-corrected chi connectivity index (χ3v) is 6.46. The Morgan fingerprint density at radius 1 is 0.848 bits per heavy atom. The van der Waals surface area contributed by atoms with Gasteiger partial charge in [0.05, 0.1) is 30.0 Å². The number of methoxy groups -OCH3 is 2. The van der Waals surface area contributed by atoms with Gasteiger partial charge in [0.2, 0.25) is 0 Å². The van der Waals surface area contributed by atoms with Gasteiger partial charge in [-0.1, -0.05) is 72.2 Å². The average Bonchev–Trinajstić information content (AvgIpc) is 2.82. The van der Waals surface area contributed by atoms with Crippen LogP contribution in [0.15, 0.2) is 71.7 Å². The number of benzene rings is 3. The van der Waals surface area contributed by atoms with E-state index < -0.39 is 0 Å². The SMILES string of the molecule is CCSC(=Nc1cccc(Cl)c1Cl)N(Cc1ccc(OC)cc1)Cc1ccc(OC)cc1.I. The molecule has 0 aliphatic rings. The zero-order valence-corrected chi connectivity index (χ0v) is 23.4. The normalized spacial score (nSPS) is 11.0. The molecule has 0 bridgehead atoms. The Morgan fingerprint density at radius 3 is 1.82 bits per heavy atom. The minimum Gasteiger partial charge on any atom is -0.497 e. The lowest BCUT2D eigenvalue weighted by atomic mass is 10.1. The summed E-state index contributed by atoms with van der Waals surface area (Å²) in [5.74, 6) is 2.54. The molecule has 0 aliphatic carbocycles. The van der Waals surface area contributed by atoms with Crippen LogP contribution >= 0.6 is 58.9 Å².